The third-order valence-corrected chi connectivity index (χ3v) is 6.06. The van der Waals surface area contributed by atoms with E-state index in [0.717, 1.165) is 24.9 Å². The summed E-state index contributed by atoms with van der Waals surface area (Å²) in [6, 6.07) is 10.1. The van der Waals surface area contributed by atoms with Crippen LogP contribution in [0, 0.1) is 5.92 Å². The normalized spacial score (nSPS) is 24.0. The van der Waals surface area contributed by atoms with Gasteiger partial charge < -0.3 is 15.5 Å². The molecule has 7 heteroatoms. The fourth-order valence-electron chi connectivity index (χ4n) is 4.40. The van der Waals surface area contributed by atoms with Gasteiger partial charge in [0.1, 0.15) is 0 Å². The number of carbonyl (C=O) groups is 2. The first-order valence-electron chi connectivity index (χ1n) is 10.4. The van der Waals surface area contributed by atoms with Crippen LogP contribution in [-0.2, 0) is 23.1 Å². The van der Waals surface area contributed by atoms with Crippen molar-refractivity contribution in [1.82, 2.24) is 25.3 Å². The van der Waals surface area contributed by atoms with Crippen LogP contribution in [-0.4, -0.2) is 58.7 Å². The van der Waals surface area contributed by atoms with Crippen molar-refractivity contribution in [2.75, 3.05) is 26.2 Å². The fraction of sp³-hybridized carbons (Fsp3) is 0.500. The molecule has 2 aliphatic rings. The molecule has 7 nitrogen and oxygen atoms in total. The zero-order valence-electron chi connectivity index (χ0n) is 16.9. The number of aromatic nitrogens is 2. The molecule has 3 heterocycles. The number of nitrogens with zero attached hydrogens (tertiary/aromatic N) is 3. The molecule has 2 fully saturated rings. The van der Waals surface area contributed by atoms with E-state index in [1.54, 1.807) is 4.68 Å². The second kappa shape index (κ2) is 8.78. The number of benzene rings is 1. The summed E-state index contributed by atoms with van der Waals surface area (Å²) in [5.74, 6) is 0.296. The molecule has 0 radical (unpaired) electrons. The lowest BCUT2D eigenvalue weighted by molar-refractivity contribution is -0.130. The smallest absolute Gasteiger partial charge is 0.225 e. The Morgan fingerprint density at radius 2 is 2.07 bits per heavy atom. The molecule has 0 spiro atoms. The van der Waals surface area contributed by atoms with Gasteiger partial charge in [0.2, 0.25) is 11.8 Å². The van der Waals surface area contributed by atoms with Crippen molar-refractivity contribution in [2.24, 2.45) is 13.0 Å². The first-order valence-corrected chi connectivity index (χ1v) is 10.4. The summed E-state index contributed by atoms with van der Waals surface area (Å²) in [4.78, 5) is 27.3. The van der Waals surface area contributed by atoms with Crippen LogP contribution in [0.2, 0.25) is 0 Å². The minimum absolute atomic E-state index is 0.0401. The Balaban J connectivity index is 1.27. The SMILES string of the molecule is Cn1cc([C@H]2CNC[C@@H]2C(=O)NC2CCN(C(=O)CCc3ccccc3)C2)cn1. The zero-order valence-corrected chi connectivity index (χ0v) is 16.9. The molecule has 0 bridgehead atoms. The summed E-state index contributed by atoms with van der Waals surface area (Å²) < 4.78 is 1.78. The standard InChI is InChI=1S/C22H29N5O2/c1-26-14-17(11-24-26)19-12-23-13-20(19)22(29)25-18-9-10-27(15-18)21(28)8-7-16-5-3-2-4-6-16/h2-6,11,14,18-20,23H,7-10,12-13,15H2,1H3,(H,25,29)/t18?,19-,20+/m1/s1. The topological polar surface area (TPSA) is 79.3 Å². The van der Waals surface area contributed by atoms with Crippen molar-refractivity contribution in [2.45, 2.75) is 31.2 Å². The van der Waals surface area contributed by atoms with E-state index in [1.807, 2.05) is 42.5 Å². The van der Waals surface area contributed by atoms with E-state index in [1.165, 1.54) is 5.56 Å². The minimum atomic E-state index is -0.0953. The number of amides is 2. The minimum Gasteiger partial charge on any atom is -0.351 e. The molecule has 2 aliphatic heterocycles. The molecule has 2 saturated heterocycles. The summed E-state index contributed by atoms with van der Waals surface area (Å²) in [5.41, 5.74) is 2.28. The number of likely N-dealkylation sites (tertiary alicyclic amines) is 1. The summed E-state index contributed by atoms with van der Waals surface area (Å²) in [7, 11) is 1.89. The predicted molar refractivity (Wildman–Crippen MR) is 110 cm³/mol. The third kappa shape index (κ3) is 4.67. The van der Waals surface area contributed by atoms with Crippen molar-refractivity contribution in [3.63, 3.8) is 0 Å². The molecular formula is C22H29N5O2. The van der Waals surface area contributed by atoms with Crippen LogP contribution in [0.25, 0.3) is 0 Å². The fourth-order valence-corrected chi connectivity index (χ4v) is 4.40. The number of nitrogens with one attached hydrogen (secondary N) is 2. The van der Waals surface area contributed by atoms with Crippen molar-refractivity contribution < 1.29 is 9.59 Å². The average molecular weight is 396 g/mol. The molecule has 2 N–H and O–H groups in total. The highest BCUT2D eigenvalue weighted by Crippen LogP contribution is 2.28. The van der Waals surface area contributed by atoms with Crippen LogP contribution in [0.1, 0.15) is 29.9 Å². The highest BCUT2D eigenvalue weighted by molar-refractivity contribution is 5.81. The molecule has 2 amide bonds. The van der Waals surface area contributed by atoms with E-state index in [0.29, 0.717) is 26.1 Å². The number of hydrogen-bond donors (Lipinski definition) is 2. The van der Waals surface area contributed by atoms with Gasteiger partial charge in [0, 0.05) is 57.8 Å². The number of rotatable bonds is 6. The monoisotopic (exact) mass is 395 g/mol. The summed E-state index contributed by atoms with van der Waals surface area (Å²) in [6.45, 7) is 2.79. The molecule has 29 heavy (non-hydrogen) atoms. The van der Waals surface area contributed by atoms with Crippen molar-refractivity contribution in [3.05, 3.63) is 53.9 Å². The van der Waals surface area contributed by atoms with Gasteiger partial charge in [-0.25, -0.2) is 0 Å². The maximum Gasteiger partial charge on any atom is 0.225 e. The quantitative estimate of drug-likeness (QED) is 0.767. The van der Waals surface area contributed by atoms with Gasteiger partial charge in [-0.2, -0.15) is 5.10 Å². The molecule has 2 aromatic rings. The van der Waals surface area contributed by atoms with Gasteiger partial charge in [-0.05, 0) is 24.0 Å². The van der Waals surface area contributed by atoms with Crippen molar-refractivity contribution >= 4 is 11.8 Å². The molecule has 0 aliphatic carbocycles. The number of carbonyl (C=O) groups excluding carboxylic acids is 2. The van der Waals surface area contributed by atoms with E-state index in [-0.39, 0.29) is 29.7 Å². The molecule has 0 saturated carbocycles. The predicted octanol–water partition coefficient (Wildman–Crippen LogP) is 1.07. The van der Waals surface area contributed by atoms with Crippen molar-refractivity contribution in [3.8, 4) is 0 Å². The lowest BCUT2D eigenvalue weighted by Gasteiger charge is -2.21. The third-order valence-electron chi connectivity index (χ3n) is 6.06. The summed E-state index contributed by atoms with van der Waals surface area (Å²) in [6.07, 6.45) is 5.93. The molecule has 154 valence electrons. The van der Waals surface area contributed by atoms with E-state index < -0.39 is 0 Å². The van der Waals surface area contributed by atoms with Crippen LogP contribution < -0.4 is 10.6 Å². The Morgan fingerprint density at radius 3 is 2.83 bits per heavy atom. The van der Waals surface area contributed by atoms with E-state index in [2.05, 4.69) is 27.9 Å². The van der Waals surface area contributed by atoms with Crippen LogP contribution in [0.4, 0.5) is 0 Å². The van der Waals surface area contributed by atoms with Gasteiger partial charge in [0.15, 0.2) is 0 Å². The Hall–Kier alpha value is -2.67. The molecule has 4 rings (SSSR count). The lowest BCUT2D eigenvalue weighted by Crippen LogP contribution is -2.43. The van der Waals surface area contributed by atoms with Gasteiger partial charge >= 0.3 is 0 Å². The van der Waals surface area contributed by atoms with E-state index >= 15 is 0 Å². The van der Waals surface area contributed by atoms with Crippen LogP contribution in [0.5, 0.6) is 0 Å². The first-order chi connectivity index (χ1) is 14.1. The van der Waals surface area contributed by atoms with E-state index in [4.69, 9.17) is 0 Å². The van der Waals surface area contributed by atoms with Gasteiger partial charge in [0.05, 0.1) is 12.1 Å². The molecular weight excluding hydrogens is 366 g/mol. The van der Waals surface area contributed by atoms with Gasteiger partial charge in [-0.1, -0.05) is 30.3 Å². The highest BCUT2D eigenvalue weighted by atomic mass is 16.2. The first kappa shape index (κ1) is 19.6. The second-order valence-electron chi connectivity index (χ2n) is 8.14. The van der Waals surface area contributed by atoms with Crippen LogP contribution in [0.15, 0.2) is 42.7 Å². The Bertz CT molecular complexity index is 850. The lowest BCUT2D eigenvalue weighted by atomic mass is 9.90. The van der Waals surface area contributed by atoms with Crippen LogP contribution in [0.3, 0.4) is 0 Å². The van der Waals surface area contributed by atoms with Gasteiger partial charge in [-0.3, -0.25) is 14.3 Å². The molecule has 3 atom stereocenters. The summed E-state index contributed by atoms with van der Waals surface area (Å²) >= 11 is 0. The Morgan fingerprint density at radius 1 is 1.24 bits per heavy atom. The van der Waals surface area contributed by atoms with Gasteiger partial charge in [-0.15, -0.1) is 0 Å². The molecule has 1 aromatic heterocycles. The Labute approximate surface area is 171 Å². The van der Waals surface area contributed by atoms with Crippen LogP contribution >= 0.6 is 0 Å². The maximum atomic E-state index is 12.9. The number of aryl methyl sites for hydroxylation is 2. The number of hydrogen-bond acceptors (Lipinski definition) is 4. The Kier molecular flexibility index (Phi) is 5.94. The highest BCUT2D eigenvalue weighted by Gasteiger charge is 2.36. The summed E-state index contributed by atoms with van der Waals surface area (Å²) in [5, 5.41) is 10.8. The average Bonchev–Trinajstić information content (AvgIpc) is 3.47. The molecule has 1 aromatic carbocycles. The maximum absolute atomic E-state index is 12.9. The van der Waals surface area contributed by atoms with Gasteiger partial charge in [0.25, 0.3) is 0 Å². The second-order valence-corrected chi connectivity index (χ2v) is 8.14. The van der Waals surface area contributed by atoms with E-state index in [9.17, 15) is 9.59 Å². The largest absolute Gasteiger partial charge is 0.351 e. The van der Waals surface area contributed by atoms with Crippen molar-refractivity contribution in [1.29, 1.82) is 0 Å². The zero-order chi connectivity index (χ0) is 20.2. The molecule has 1 unspecified atom stereocenters.